The van der Waals surface area contributed by atoms with Gasteiger partial charge in [0, 0.05) is 17.5 Å². The number of nitrogens with one attached hydrogen (secondary N) is 1. The van der Waals surface area contributed by atoms with Crippen molar-refractivity contribution in [3.05, 3.63) is 31.5 Å². The molecule has 0 spiro atoms. The SMILES string of the molecule is O=C(O)c1cc([N+](=O)[O-])cc2n[nH]c(I)c12. The first-order valence-corrected chi connectivity index (χ1v) is 5.14. The summed E-state index contributed by atoms with van der Waals surface area (Å²) in [4.78, 5) is 20.9. The van der Waals surface area contributed by atoms with Gasteiger partial charge in [-0.1, -0.05) is 0 Å². The maximum Gasteiger partial charge on any atom is 0.336 e. The van der Waals surface area contributed by atoms with Gasteiger partial charge in [0.15, 0.2) is 0 Å². The van der Waals surface area contributed by atoms with Crippen molar-refractivity contribution in [2.45, 2.75) is 0 Å². The smallest absolute Gasteiger partial charge is 0.336 e. The van der Waals surface area contributed by atoms with Crippen LogP contribution in [-0.2, 0) is 0 Å². The Morgan fingerprint density at radius 1 is 1.56 bits per heavy atom. The largest absolute Gasteiger partial charge is 0.478 e. The van der Waals surface area contributed by atoms with Gasteiger partial charge in [-0.05, 0) is 22.6 Å². The van der Waals surface area contributed by atoms with E-state index < -0.39 is 10.9 Å². The zero-order valence-electron chi connectivity index (χ0n) is 7.60. The number of fused-ring (bicyclic) bond motifs is 1. The van der Waals surface area contributed by atoms with Crippen LogP contribution >= 0.6 is 22.6 Å². The molecule has 0 atom stereocenters. The Morgan fingerprint density at radius 3 is 2.81 bits per heavy atom. The Hall–Kier alpha value is -1.71. The minimum absolute atomic E-state index is 0.123. The van der Waals surface area contributed by atoms with Gasteiger partial charge >= 0.3 is 5.97 Å². The van der Waals surface area contributed by atoms with Crippen LogP contribution in [0.15, 0.2) is 12.1 Å². The third-order valence-electron chi connectivity index (χ3n) is 2.04. The number of non-ortho nitro benzene ring substituents is 1. The van der Waals surface area contributed by atoms with Crippen molar-refractivity contribution in [2.24, 2.45) is 0 Å². The Kier molecular flexibility index (Phi) is 2.50. The van der Waals surface area contributed by atoms with Crippen LogP contribution in [0.25, 0.3) is 10.9 Å². The number of carbonyl (C=O) groups is 1. The lowest BCUT2D eigenvalue weighted by atomic mass is 10.1. The summed E-state index contributed by atoms with van der Waals surface area (Å²) in [5.41, 5.74) is -0.133. The molecule has 82 valence electrons. The van der Waals surface area contributed by atoms with Crippen LogP contribution in [0.4, 0.5) is 5.69 Å². The first kappa shape index (κ1) is 10.8. The number of benzene rings is 1. The summed E-state index contributed by atoms with van der Waals surface area (Å²) in [7, 11) is 0. The molecule has 0 bridgehead atoms. The highest BCUT2D eigenvalue weighted by atomic mass is 127. The van der Waals surface area contributed by atoms with E-state index in [1.165, 1.54) is 6.07 Å². The normalized spacial score (nSPS) is 10.6. The van der Waals surface area contributed by atoms with Crippen LogP contribution in [0.3, 0.4) is 0 Å². The summed E-state index contributed by atoms with van der Waals surface area (Å²) in [6.07, 6.45) is 0. The van der Waals surface area contributed by atoms with Gasteiger partial charge in [-0.15, -0.1) is 0 Å². The van der Waals surface area contributed by atoms with Gasteiger partial charge in [0.25, 0.3) is 5.69 Å². The molecule has 8 heteroatoms. The molecule has 0 aliphatic carbocycles. The number of nitro groups is 1. The zero-order valence-corrected chi connectivity index (χ0v) is 9.76. The average Bonchev–Trinajstić information content (AvgIpc) is 2.59. The highest BCUT2D eigenvalue weighted by molar-refractivity contribution is 14.1. The Labute approximate surface area is 102 Å². The quantitative estimate of drug-likeness (QED) is 0.495. The molecule has 0 saturated heterocycles. The maximum atomic E-state index is 11.0. The molecule has 0 aliphatic rings. The Morgan fingerprint density at radius 2 is 2.25 bits per heavy atom. The summed E-state index contributed by atoms with van der Waals surface area (Å²) in [6.45, 7) is 0. The number of halogens is 1. The van der Waals surface area contributed by atoms with Gasteiger partial charge in [-0.2, -0.15) is 5.10 Å². The molecule has 0 radical (unpaired) electrons. The molecule has 0 saturated carbocycles. The molecule has 1 aromatic heterocycles. The zero-order chi connectivity index (χ0) is 11.9. The predicted molar refractivity (Wildman–Crippen MR) is 62.4 cm³/mol. The second-order valence-corrected chi connectivity index (χ2v) is 4.07. The molecule has 0 unspecified atom stereocenters. The topological polar surface area (TPSA) is 109 Å². The third kappa shape index (κ3) is 1.60. The maximum absolute atomic E-state index is 11.0. The summed E-state index contributed by atoms with van der Waals surface area (Å²) in [5.74, 6) is -1.21. The first-order valence-electron chi connectivity index (χ1n) is 4.06. The van der Waals surface area contributed by atoms with Crippen molar-refractivity contribution in [1.82, 2.24) is 10.2 Å². The molecule has 2 rings (SSSR count). The fraction of sp³-hybridized carbons (Fsp3) is 0. The van der Waals surface area contributed by atoms with Gasteiger partial charge in [-0.3, -0.25) is 15.2 Å². The van der Waals surface area contributed by atoms with Crippen molar-refractivity contribution < 1.29 is 14.8 Å². The van der Waals surface area contributed by atoms with Gasteiger partial charge in [0.05, 0.1) is 10.5 Å². The summed E-state index contributed by atoms with van der Waals surface area (Å²) in [5, 5.41) is 26.3. The fourth-order valence-electron chi connectivity index (χ4n) is 1.37. The minimum atomic E-state index is -1.21. The van der Waals surface area contributed by atoms with Crippen LogP contribution in [-0.4, -0.2) is 26.2 Å². The monoisotopic (exact) mass is 333 g/mol. The van der Waals surface area contributed by atoms with Crippen molar-refractivity contribution in [2.75, 3.05) is 0 Å². The third-order valence-corrected chi connectivity index (χ3v) is 2.82. The summed E-state index contributed by atoms with van der Waals surface area (Å²) < 4.78 is 0.542. The van der Waals surface area contributed by atoms with Crippen LogP contribution in [0.1, 0.15) is 10.4 Å². The van der Waals surface area contributed by atoms with Gasteiger partial charge in [-0.25, -0.2) is 4.79 Å². The number of nitro benzene ring substituents is 1. The number of carboxylic acid groups (broad SMARTS) is 1. The van der Waals surface area contributed by atoms with E-state index in [1.54, 1.807) is 0 Å². The van der Waals surface area contributed by atoms with E-state index in [-0.39, 0.29) is 16.8 Å². The van der Waals surface area contributed by atoms with Crippen molar-refractivity contribution in [1.29, 1.82) is 0 Å². The molecule has 7 nitrogen and oxygen atoms in total. The number of H-pyrrole nitrogens is 1. The number of hydrogen-bond acceptors (Lipinski definition) is 4. The van der Waals surface area contributed by atoms with E-state index in [0.29, 0.717) is 9.09 Å². The van der Waals surface area contributed by atoms with E-state index in [1.807, 2.05) is 22.6 Å². The second-order valence-electron chi connectivity index (χ2n) is 2.99. The lowest BCUT2D eigenvalue weighted by Gasteiger charge is -1.97. The lowest BCUT2D eigenvalue weighted by molar-refractivity contribution is -0.384. The average molecular weight is 333 g/mol. The van der Waals surface area contributed by atoms with Crippen molar-refractivity contribution >= 4 is 45.2 Å². The van der Waals surface area contributed by atoms with Crippen LogP contribution in [0.5, 0.6) is 0 Å². The van der Waals surface area contributed by atoms with E-state index in [2.05, 4.69) is 10.2 Å². The number of aromatic amines is 1. The van der Waals surface area contributed by atoms with Crippen LogP contribution < -0.4 is 0 Å². The first-order chi connectivity index (χ1) is 7.50. The highest BCUT2D eigenvalue weighted by Crippen LogP contribution is 2.27. The molecule has 0 amide bonds. The van der Waals surface area contributed by atoms with E-state index >= 15 is 0 Å². The Balaban J connectivity index is 2.86. The molecule has 1 aromatic carbocycles. The molecule has 0 fully saturated rings. The molecule has 1 heterocycles. The van der Waals surface area contributed by atoms with Crippen LogP contribution in [0, 0.1) is 13.8 Å². The number of aromatic nitrogens is 2. The molecule has 2 aromatic rings. The van der Waals surface area contributed by atoms with Crippen molar-refractivity contribution in [3.8, 4) is 0 Å². The number of carboxylic acids is 1. The summed E-state index contributed by atoms with van der Waals surface area (Å²) in [6, 6.07) is 2.27. The van der Waals surface area contributed by atoms with E-state index in [4.69, 9.17) is 5.11 Å². The fourth-order valence-corrected chi connectivity index (χ4v) is 2.06. The number of rotatable bonds is 2. The van der Waals surface area contributed by atoms with Gasteiger partial charge in [0.1, 0.15) is 9.22 Å². The molecular formula is C8H4IN3O4. The molecule has 0 aliphatic heterocycles. The van der Waals surface area contributed by atoms with E-state index in [9.17, 15) is 14.9 Å². The summed E-state index contributed by atoms with van der Waals surface area (Å²) >= 11 is 1.89. The highest BCUT2D eigenvalue weighted by Gasteiger charge is 2.19. The minimum Gasteiger partial charge on any atom is -0.478 e. The van der Waals surface area contributed by atoms with Gasteiger partial charge < -0.3 is 5.11 Å². The standard InChI is InChI=1S/C8H4IN3O4/c9-7-6-4(8(13)14)1-3(12(15)16)2-5(6)10-11-7/h1-2H,(H,10,11)(H,13,14). The van der Waals surface area contributed by atoms with Crippen LogP contribution in [0.2, 0.25) is 0 Å². The lowest BCUT2D eigenvalue weighted by Crippen LogP contribution is -1.99. The van der Waals surface area contributed by atoms with E-state index in [0.717, 1.165) is 6.07 Å². The number of nitrogens with zero attached hydrogens (tertiary/aromatic N) is 2. The second kappa shape index (κ2) is 3.70. The molecule has 16 heavy (non-hydrogen) atoms. The van der Waals surface area contributed by atoms with Crippen molar-refractivity contribution in [3.63, 3.8) is 0 Å². The number of hydrogen-bond donors (Lipinski definition) is 2. The number of aromatic carboxylic acids is 1. The molecular weight excluding hydrogens is 329 g/mol. The Bertz CT molecular complexity index is 607. The molecule has 2 N–H and O–H groups in total. The van der Waals surface area contributed by atoms with Gasteiger partial charge in [0.2, 0.25) is 0 Å². The predicted octanol–water partition coefficient (Wildman–Crippen LogP) is 1.77.